The number of ether oxygens (including phenoxy) is 1. The van der Waals surface area contributed by atoms with Crippen LogP contribution in [0.1, 0.15) is 13.3 Å². The second kappa shape index (κ2) is 5.61. The molecule has 1 heterocycles. The lowest BCUT2D eigenvalue weighted by Crippen LogP contribution is -2.16. The largest absolute Gasteiger partial charge is 0.499 e. The van der Waals surface area contributed by atoms with Crippen LogP contribution >= 0.6 is 11.6 Å². The second-order valence-electron chi connectivity index (χ2n) is 3.15. The SMILES string of the molecule is C/C=C\C(Cl)=C/C1CC(OC)=CN=C1O. The van der Waals surface area contributed by atoms with E-state index < -0.39 is 0 Å². The second-order valence-corrected chi connectivity index (χ2v) is 3.59. The number of allylic oxidation sites excluding steroid dienone is 4. The average Bonchev–Trinajstić information content (AvgIpc) is 2.21. The molecule has 0 amide bonds. The summed E-state index contributed by atoms with van der Waals surface area (Å²) >= 11 is 5.92. The lowest BCUT2D eigenvalue weighted by atomic mass is 10.0. The third kappa shape index (κ3) is 3.44. The number of aliphatic hydroxyl groups excluding tert-OH is 1. The van der Waals surface area contributed by atoms with Crippen molar-refractivity contribution in [1.82, 2.24) is 0 Å². The van der Waals surface area contributed by atoms with E-state index in [2.05, 4.69) is 4.99 Å². The molecule has 1 unspecified atom stereocenters. The van der Waals surface area contributed by atoms with Gasteiger partial charge in [-0.25, -0.2) is 4.99 Å². The van der Waals surface area contributed by atoms with Crippen LogP contribution in [-0.4, -0.2) is 18.1 Å². The first-order chi connectivity index (χ1) is 7.17. The zero-order valence-corrected chi connectivity index (χ0v) is 9.53. The summed E-state index contributed by atoms with van der Waals surface area (Å²) in [5.74, 6) is 0.603. The standard InChI is InChI=1S/C11H14ClNO2/c1-3-4-9(12)5-8-6-10(15-2)7-13-11(8)14/h3-5,7-8H,6H2,1-2H3,(H,13,14)/b4-3-,9-5+. The van der Waals surface area contributed by atoms with Crippen molar-refractivity contribution in [3.8, 4) is 0 Å². The molecule has 0 saturated carbocycles. The van der Waals surface area contributed by atoms with Gasteiger partial charge in [0.2, 0.25) is 0 Å². The monoisotopic (exact) mass is 227 g/mol. The van der Waals surface area contributed by atoms with Crippen molar-refractivity contribution in [2.24, 2.45) is 10.9 Å². The maximum Gasteiger partial charge on any atom is 0.193 e. The van der Waals surface area contributed by atoms with Crippen molar-refractivity contribution in [2.75, 3.05) is 7.11 Å². The molecule has 0 aliphatic carbocycles. The van der Waals surface area contributed by atoms with Crippen LogP contribution in [0.2, 0.25) is 0 Å². The fraction of sp³-hybridized carbons (Fsp3) is 0.364. The molecule has 1 rings (SSSR count). The fourth-order valence-corrected chi connectivity index (χ4v) is 1.55. The molecule has 1 aliphatic heterocycles. The Morgan fingerprint density at radius 2 is 2.47 bits per heavy atom. The highest BCUT2D eigenvalue weighted by atomic mass is 35.5. The molecule has 3 nitrogen and oxygen atoms in total. The third-order valence-corrected chi connectivity index (χ3v) is 2.29. The van der Waals surface area contributed by atoms with Gasteiger partial charge >= 0.3 is 0 Å². The summed E-state index contributed by atoms with van der Waals surface area (Å²) in [5.41, 5.74) is 0. The molecule has 0 fully saturated rings. The van der Waals surface area contributed by atoms with E-state index in [1.54, 1.807) is 19.3 Å². The molecule has 0 saturated heterocycles. The van der Waals surface area contributed by atoms with Crippen LogP contribution in [0, 0.1) is 5.92 Å². The average molecular weight is 228 g/mol. The Labute approximate surface area is 94.4 Å². The van der Waals surface area contributed by atoms with E-state index in [4.69, 9.17) is 16.3 Å². The van der Waals surface area contributed by atoms with Gasteiger partial charge in [0, 0.05) is 11.5 Å². The van der Waals surface area contributed by atoms with Crippen LogP contribution in [0.5, 0.6) is 0 Å². The van der Waals surface area contributed by atoms with Crippen LogP contribution in [0.3, 0.4) is 0 Å². The highest BCUT2D eigenvalue weighted by Crippen LogP contribution is 2.22. The molecule has 4 heteroatoms. The van der Waals surface area contributed by atoms with Crippen molar-refractivity contribution in [3.05, 3.63) is 35.2 Å². The van der Waals surface area contributed by atoms with Crippen LogP contribution in [0.4, 0.5) is 0 Å². The summed E-state index contributed by atoms with van der Waals surface area (Å²) in [6.07, 6.45) is 7.46. The number of hydrogen-bond donors (Lipinski definition) is 1. The van der Waals surface area contributed by atoms with E-state index >= 15 is 0 Å². The smallest absolute Gasteiger partial charge is 0.193 e. The van der Waals surface area contributed by atoms with E-state index in [-0.39, 0.29) is 11.8 Å². The van der Waals surface area contributed by atoms with E-state index in [9.17, 15) is 5.11 Å². The minimum Gasteiger partial charge on any atom is -0.499 e. The summed E-state index contributed by atoms with van der Waals surface area (Å²) in [7, 11) is 1.58. The Morgan fingerprint density at radius 3 is 3.07 bits per heavy atom. The lowest BCUT2D eigenvalue weighted by Gasteiger charge is -2.16. The minimum absolute atomic E-state index is 0.0680. The summed E-state index contributed by atoms with van der Waals surface area (Å²) < 4.78 is 5.06. The summed E-state index contributed by atoms with van der Waals surface area (Å²) in [6, 6.07) is 0. The topological polar surface area (TPSA) is 41.8 Å². The van der Waals surface area contributed by atoms with Gasteiger partial charge < -0.3 is 9.84 Å². The first-order valence-electron chi connectivity index (χ1n) is 4.67. The van der Waals surface area contributed by atoms with Gasteiger partial charge in [0.25, 0.3) is 0 Å². The molecule has 0 aromatic heterocycles. The number of rotatable bonds is 3. The molecule has 1 atom stereocenters. The number of aliphatic hydroxyl groups is 1. The number of hydrogen-bond acceptors (Lipinski definition) is 2. The summed E-state index contributed by atoms with van der Waals surface area (Å²) in [4.78, 5) is 3.83. The normalized spacial score (nSPS) is 22.6. The Morgan fingerprint density at radius 1 is 1.73 bits per heavy atom. The zero-order valence-electron chi connectivity index (χ0n) is 8.77. The van der Waals surface area contributed by atoms with E-state index in [1.807, 2.05) is 13.0 Å². The maximum absolute atomic E-state index is 9.52. The highest BCUT2D eigenvalue weighted by molar-refractivity contribution is 6.31. The molecule has 0 bridgehead atoms. The van der Waals surface area contributed by atoms with Crippen LogP contribution in [0.15, 0.2) is 40.2 Å². The molecule has 1 aliphatic rings. The van der Waals surface area contributed by atoms with Crippen LogP contribution < -0.4 is 0 Å². The Hall–Kier alpha value is -1.22. The lowest BCUT2D eigenvalue weighted by molar-refractivity contribution is 0.266. The zero-order chi connectivity index (χ0) is 11.3. The first kappa shape index (κ1) is 11.9. The van der Waals surface area contributed by atoms with Gasteiger partial charge in [0.15, 0.2) is 5.90 Å². The fourth-order valence-electron chi connectivity index (χ4n) is 1.27. The van der Waals surface area contributed by atoms with E-state index in [1.165, 1.54) is 6.20 Å². The Balaban J connectivity index is 2.77. The number of nitrogens with zero attached hydrogens (tertiary/aromatic N) is 1. The van der Waals surface area contributed by atoms with Crippen molar-refractivity contribution in [3.63, 3.8) is 0 Å². The van der Waals surface area contributed by atoms with Gasteiger partial charge in [-0.15, -0.1) is 0 Å². The molecule has 0 radical (unpaired) electrons. The number of halogens is 1. The van der Waals surface area contributed by atoms with E-state index in [0.717, 1.165) is 5.76 Å². The van der Waals surface area contributed by atoms with Gasteiger partial charge in [0.05, 0.1) is 19.2 Å². The summed E-state index contributed by atoms with van der Waals surface area (Å²) in [6.45, 7) is 1.88. The van der Waals surface area contributed by atoms with Gasteiger partial charge in [0.1, 0.15) is 5.76 Å². The number of methoxy groups -OCH3 is 1. The highest BCUT2D eigenvalue weighted by Gasteiger charge is 2.19. The predicted octanol–water partition coefficient (Wildman–Crippen LogP) is 3.15. The third-order valence-electron chi connectivity index (χ3n) is 2.04. The molecular formula is C11H14ClNO2. The van der Waals surface area contributed by atoms with Crippen LogP contribution in [0.25, 0.3) is 0 Å². The van der Waals surface area contributed by atoms with E-state index in [0.29, 0.717) is 11.5 Å². The van der Waals surface area contributed by atoms with Crippen LogP contribution in [-0.2, 0) is 4.74 Å². The first-order valence-corrected chi connectivity index (χ1v) is 5.05. The minimum atomic E-state index is -0.200. The number of aliphatic imine (C=N–C) groups is 1. The molecule has 0 aromatic carbocycles. The van der Waals surface area contributed by atoms with Gasteiger partial charge in [-0.1, -0.05) is 23.8 Å². The van der Waals surface area contributed by atoms with Gasteiger partial charge in [-0.2, -0.15) is 0 Å². The quantitative estimate of drug-likeness (QED) is 0.753. The van der Waals surface area contributed by atoms with Crippen molar-refractivity contribution in [2.45, 2.75) is 13.3 Å². The maximum atomic E-state index is 9.52. The molecule has 0 spiro atoms. The molecule has 15 heavy (non-hydrogen) atoms. The van der Waals surface area contributed by atoms with Crippen molar-refractivity contribution < 1.29 is 9.84 Å². The molecule has 82 valence electrons. The van der Waals surface area contributed by atoms with Crippen molar-refractivity contribution >= 4 is 17.5 Å². The predicted molar refractivity (Wildman–Crippen MR) is 62.0 cm³/mol. The van der Waals surface area contributed by atoms with Crippen molar-refractivity contribution in [1.29, 1.82) is 0 Å². The summed E-state index contributed by atoms with van der Waals surface area (Å²) in [5, 5.41) is 10.1. The molecular weight excluding hydrogens is 214 g/mol. The molecule has 0 aromatic rings. The van der Waals surface area contributed by atoms with Gasteiger partial charge in [-0.3, -0.25) is 0 Å². The molecule has 1 N–H and O–H groups in total. The van der Waals surface area contributed by atoms with Gasteiger partial charge in [-0.05, 0) is 13.0 Å². The Bertz CT molecular complexity index is 342. The Kier molecular flexibility index (Phi) is 4.43.